The molecule has 1 unspecified atom stereocenters. The van der Waals surface area contributed by atoms with Crippen LogP contribution in [0, 0.1) is 11.8 Å². The predicted octanol–water partition coefficient (Wildman–Crippen LogP) is 0.542. The van der Waals surface area contributed by atoms with Gasteiger partial charge < -0.3 is 15.4 Å². The number of nitrogens with one attached hydrogen (secondary N) is 3. The van der Waals surface area contributed by atoms with E-state index in [1.54, 1.807) is 24.0 Å². The van der Waals surface area contributed by atoms with Crippen LogP contribution in [0.5, 0.6) is 0 Å². The van der Waals surface area contributed by atoms with Gasteiger partial charge in [-0.3, -0.25) is 19.4 Å². The van der Waals surface area contributed by atoms with Crippen molar-refractivity contribution in [1.29, 1.82) is 0 Å². The monoisotopic (exact) mass is 380 g/mol. The number of H-pyrrole nitrogens is 1. The number of hydrogen-bond acceptors (Lipinski definition) is 5. The fraction of sp³-hybridized carbons (Fsp3) is 0.368. The highest BCUT2D eigenvalue weighted by Gasteiger charge is 2.55. The summed E-state index contributed by atoms with van der Waals surface area (Å²) in [6.45, 7) is 1.75. The minimum Gasteiger partial charge on any atom is -0.381 e. The molecular formula is C19H20N6O3. The van der Waals surface area contributed by atoms with Crippen LogP contribution < -0.4 is 10.6 Å². The Labute approximate surface area is 160 Å². The van der Waals surface area contributed by atoms with Crippen LogP contribution in [0.4, 0.5) is 0 Å². The van der Waals surface area contributed by atoms with E-state index in [1.807, 2.05) is 18.2 Å². The summed E-state index contributed by atoms with van der Waals surface area (Å²) in [5, 5.41) is 18.0. The zero-order chi connectivity index (χ0) is 19.3. The van der Waals surface area contributed by atoms with Crippen molar-refractivity contribution in [3.05, 3.63) is 47.4 Å². The summed E-state index contributed by atoms with van der Waals surface area (Å²) in [5.41, 5.74) is 2.45. The molecule has 28 heavy (non-hydrogen) atoms. The van der Waals surface area contributed by atoms with Crippen LogP contribution in [-0.4, -0.2) is 58.1 Å². The van der Waals surface area contributed by atoms with Crippen LogP contribution in [-0.2, 0) is 11.3 Å². The van der Waals surface area contributed by atoms with Gasteiger partial charge in [-0.2, -0.15) is 10.2 Å². The highest BCUT2D eigenvalue weighted by Crippen LogP contribution is 2.44. The summed E-state index contributed by atoms with van der Waals surface area (Å²) < 4.78 is 6.96. The summed E-state index contributed by atoms with van der Waals surface area (Å²) in [7, 11) is 1.54. The molecule has 2 amide bonds. The van der Waals surface area contributed by atoms with Gasteiger partial charge in [-0.1, -0.05) is 12.1 Å². The van der Waals surface area contributed by atoms with Crippen LogP contribution in [0.3, 0.4) is 0 Å². The maximum Gasteiger partial charge on any atom is 0.271 e. The van der Waals surface area contributed by atoms with Gasteiger partial charge in [-0.15, -0.1) is 0 Å². The molecule has 0 bridgehead atoms. The van der Waals surface area contributed by atoms with Crippen LogP contribution in [0.25, 0.3) is 10.9 Å². The molecule has 3 N–H and O–H groups in total. The Kier molecular flexibility index (Phi) is 3.90. The van der Waals surface area contributed by atoms with E-state index in [2.05, 4.69) is 25.9 Å². The van der Waals surface area contributed by atoms with E-state index in [1.165, 1.54) is 0 Å². The van der Waals surface area contributed by atoms with E-state index in [4.69, 9.17) is 4.74 Å². The second kappa shape index (κ2) is 6.45. The smallest absolute Gasteiger partial charge is 0.271 e. The minimum absolute atomic E-state index is 0.144. The Morgan fingerprint density at radius 3 is 2.89 bits per heavy atom. The van der Waals surface area contributed by atoms with Gasteiger partial charge in [0, 0.05) is 36.4 Å². The number of ether oxygens (including phenoxy) is 1. The van der Waals surface area contributed by atoms with E-state index in [9.17, 15) is 9.59 Å². The fourth-order valence-electron chi connectivity index (χ4n) is 3.97. The average molecular weight is 380 g/mol. The van der Waals surface area contributed by atoms with Crippen LogP contribution in [0.15, 0.2) is 30.5 Å². The van der Waals surface area contributed by atoms with Crippen molar-refractivity contribution >= 4 is 22.7 Å². The van der Waals surface area contributed by atoms with Crippen LogP contribution in [0.1, 0.15) is 26.5 Å². The SMILES string of the molecule is CNC(=O)c1cc(C(=O)NC2[C@H]3COC[C@@H]23)n(Cc2cccc3[nH]ncc23)n1. The first-order valence-electron chi connectivity index (χ1n) is 9.25. The van der Waals surface area contributed by atoms with Crippen molar-refractivity contribution in [3.8, 4) is 0 Å². The highest BCUT2D eigenvalue weighted by atomic mass is 16.5. The molecule has 144 valence electrons. The first kappa shape index (κ1) is 16.9. The Morgan fingerprint density at radius 2 is 2.11 bits per heavy atom. The lowest BCUT2D eigenvalue weighted by molar-refractivity contribution is 0.0917. The molecule has 1 saturated carbocycles. The van der Waals surface area contributed by atoms with Gasteiger partial charge in [-0.05, 0) is 11.6 Å². The van der Waals surface area contributed by atoms with Crippen molar-refractivity contribution in [3.63, 3.8) is 0 Å². The molecule has 2 fully saturated rings. The Balaban J connectivity index is 1.45. The molecule has 3 heterocycles. The van der Waals surface area contributed by atoms with Crippen molar-refractivity contribution < 1.29 is 14.3 Å². The maximum absolute atomic E-state index is 12.9. The van der Waals surface area contributed by atoms with E-state index >= 15 is 0 Å². The molecule has 1 aliphatic carbocycles. The number of carbonyl (C=O) groups excluding carboxylic acids is 2. The molecule has 3 atom stereocenters. The van der Waals surface area contributed by atoms with Gasteiger partial charge in [0.15, 0.2) is 5.69 Å². The lowest BCUT2D eigenvalue weighted by Crippen LogP contribution is -2.31. The molecule has 1 saturated heterocycles. The zero-order valence-electron chi connectivity index (χ0n) is 15.3. The second-order valence-corrected chi connectivity index (χ2v) is 7.26. The van der Waals surface area contributed by atoms with E-state index in [0.717, 1.165) is 16.5 Å². The molecule has 1 aliphatic heterocycles. The second-order valence-electron chi connectivity index (χ2n) is 7.26. The van der Waals surface area contributed by atoms with Crippen molar-refractivity contribution in [1.82, 2.24) is 30.6 Å². The number of aromatic amines is 1. The van der Waals surface area contributed by atoms with Crippen LogP contribution in [0.2, 0.25) is 0 Å². The van der Waals surface area contributed by atoms with Crippen LogP contribution >= 0.6 is 0 Å². The molecule has 9 nitrogen and oxygen atoms in total. The van der Waals surface area contributed by atoms with Gasteiger partial charge in [-0.25, -0.2) is 0 Å². The summed E-state index contributed by atoms with van der Waals surface area (Å²) in [5.74, 6) is 0.254. The quantitative estimate of drug-likeness (QED) is 0.598. The number of hydrogen-bond donors (Lipinski definition) is 3. The van der Waals surface area contributed by atoms with E-state index in [0.29, 0.717) is 37.3 Å². The minimum atomic E-state index is -0.328. The number of aromatic nitrogens is 4. The topological polar surface area (TPSA) is 114 Å². The molecule has 9 heteroatoms. The number of amides is 2. The number of rotatable bonds is 5. The molecule has 0 radical (unpaired) electrons. The molecule has 2 aromatic heterocycles. The highest BCUT2D eigenvalue weighted by molar-refractivity contribution is 5.98. The Bertz CT molecular complexity index is 1060. The van der Waals surface area contributed by atoms with Gasteiger partial charge in [0.05, 0.1) is 31.5 Å². The molecule has 1 aromatic carbocycles. The van der Waals surface area contributed by atoms with E-state index in [-0.39, 0.29) is 23.6 Å². The van der Waals surface area contributed by atoms with E-state index < -0.39 is 0 Å². The first-order chi connectivity index (χ1) is 13.7. The number of benzene rings is 1. The number of carbonyl (C=O) groups is 2. The largest absolute Gasteiger partial charge is 0.381 e. The summed E-state index contributed by atoms with van der Waals surface area (Å²) in [6, 6.07) is 7.50. The Morgan fingerprint density at radius 1 is 1.29 bits per heavy atom. The number of fused-ring (bicyclic) bond motifs is 2. The third kappa shape index (κ3) is 2.75. The first-order valence-corrected chi connectivity index (χ1v) is 9.25. The normalized spacial score (nSPS) is 22.8. The molecule has 3 aromatic rings. The van der Waals surface area contributed by atoms with Crippen molar-refractivity contribution in [2.75, 3.05) is 20.3 Å². The fourth-order valence-corrected chi connectivity index (χ4v) is 3.97. The third-order valence-corrected chi connectivity index (χ3v) is 5.62. The third-order valence-electron chi connectivity index (χ3n) is 5.62. The maximum atomic E-state index is 12.9. The van der Waals surface area contributed by atoms with Crippen molar-refractivity contribution in [2.45, 2.75) is 12.6 Å². The molecule has 0 spiro atoms. The lowest BCUT2D eigenvalue weighted by atomic mass is 10.1. The van der Waals surface area contributed by atoms with Gasteiger partial charge >= 0.3 is 0 Å². The summed E-state index contributed by atoms with van der Waals surface area (Å²) >= 11 is 0. The summed E-state index contributed by atoms with van der Waals surface area (Å²) in [4.78, 5) is 25.0. The lowest BCUT2D eigenvalue weighted by Gasteiger charge is -2.10. The number of nitrogens with zero attached hydrogens (tertiary/aromatic N) is 3. The summed E-state index contributed by atoms with van der Waals surface area (Å²) in [6.07, 6.45) is 1.75. The van der Waals surface area contributed by atoms with Gasteiger partial charge in [0.2, 0.25) is 0 Å². The predicted molar refractivity (Wildman–Crippen MR) is 99.9 cm³/mol. The van der Waals surface area contributed by atoms with Gasteiger partial charge in [0.1, 0.15) is 5.69 Å². The van der Waals surface area contributed by atoms with Gasteiger partial charge in [0.25, 0.3) is 11.8 Å². The average Bonchev–Trinajstić information content (AvgIpc) is 3.22. The molecule has 2 aliphatic rings. The standard InChI is InChI=1S/C19H20N6O3/c1-20-18(26)15-5-16(19(27)22-17-12-8-28-9-13(12)17)25(24-15)7-10-3-2-4-14-11(10)6-21-23-14/h2-6,12-13,17H,7-9H2,1H3,(H,20,26)(H,21,23)(H,22,27)/t12-,13+,17?. The van der Waals surface area contributed by atoms with Crippen molar-refractivity contribution in [2.24, 2.45) is 11.8 Å². The molecule has 5 rings (SSSR count). The Hall–Kier alpha value is -3.20. The zero-order valence-corrected chi connectivity index (χ0v) is 15.3. The molecular weight excluding hydrogens is 360 g/mol.